The Kier molecular flexibility index (Phi) is 21.0. The van der Waals surface area contributed by atoms with Gasteiger partial charge in [-0.1, -0.05) is 32.0 Å². The van der Waals surface area contributed by atoms with Crippen LogP contribution >= 0.6 is 0 Å². The average molecular weight is 1100 g/mol. The monoisotopic (exact) mass is 1100 g/mol. The number of likely N-dealkylation sites (tertiary alicyclic amines) is 1. The third-order valence-electron chi connectivity index (χ3n) is 13.8. The van der Waals surface area contributed by atoms with Gasteiger partial charge < -0.3 is 59.7 Å². The third kappa shape index (κ3) is 16.1. The number of nitrogens with one attached hydrogen (secondary N) is 6. The summed E-state index contributed by atoms with van der Waals surface area (Å²) in [6.45, 7) is 16.2. The Morgan fingerprint density at radius 3 is 2.38 bits per heavy atom. The number of aromatic amines is 2. The molecule has 0 aliphatic carbocycles. The summed E-state index contributed by atoms with van der Waals surface area (Å²) in [6.07, 6.45) is 3.88. The normalized spacial score (nSPS) is 14.2. The number of benzene rings is 3. The Bertz CT molecular complexity index is 3040. The van der Waals surface area contributed by atoms with Crippen molar-refractivity contribution in [1.29, 1.82) is 0 Å². The maximum absolute atomic E-state index is 14.1. The maximum Gasteiger partial charge on any atom is 0.347 e. The number of hydrogen-bond donors (Lipinski definition) is 6. The summed E-state index contributed by atoms with van der Waals surface area (Å²) in [4.78, 5) is 102. The molecule has 5 amide bonds. The van der Waals surface area contributed by atoms with Crippen molar-refractivity contribution in [3.05, 3.63) is 107 Å². The van der Waals surface area contributed by atoms with Crippen molar-refractivity contribution in [2.45, 2.75) is 86.0 Å². The van der Waals surface area contributed by atoms with Crippen LogP contribution in [0, 0.1) is 13.8 Å². The van der Waals surface area contributed by atoms with Crippen LogP contribution in [0.1, 0.15) is 91.8 Å². The van der Waals surface area contributed by atoms with Crippen molar-refractivity contribution in [3.63, 3.8) is 0 Å². The molecule has 7 rings (SSSR count). The van der Waals surface area contributed by atoms with Gasteiger partial charge in [0.05, 0.1) is 43.1 Å². The zero-order chi connectivity index (χ0) is 57.3. The molecule has 0 spiro atoms. The first-order chi connectivity index (χ1) is 38.5. The lowest BCUT2D eigenvalue weighted by Crippen LogP contribution is -2.38. The van der Waals surface area contributed by atoms with E-state index in [4.69, 9.17) is 23.7 Å². The molecule has 2 atom stereocenters. The van der Waals surface area contributed by atoms with E-state index >= 15 is 0 Å². The van der Waals surface area contributed by atoms with Gasteiger partial charge in [-0.2, -0.15) is 5.10 Å². The number of carbonyl (C=O) groups excluding carboxylic acids is 7. The number of carbonyl (C=O) groups is 7. The zero-order valence-electron chi connectivity index (χ0n) is 46.5. The number of rotatable bonds is 27. The molecule has 3 aromatic carbocycles. The molecule has 2 aromatic heterocycles. The molecule has 1 saturated heterocycles. The van der Waals surface area contributed by atoms with Crippen LogP contribution in [0.3, 0.4) is 0 Å². The van der Waals surface area contributed by atoms with Crippen LogP contribution in [0.5, 0.6) is 11.5 Å². The molecule has 0 bridgehead atoms. The standard InChI is InChI=1S/C58H72N10O12/c1-8-66(9-2)24-21-59-55(72)53-36(3)49(62-37(53)4)32-46-45-31-43(16-18-47(45)64-54(46)71)63-51(69)19-20-52(70)79-39(6)57(74)80-38(5)56(73)78-28-26-68(35-40-13-12-14-44(29-40)76-7)58(75)65-48-17-15-41(42-33-60-61-34-42)30-50(48)77-27-25-67-22-10-11-23-67/h12-18,29-34,38-39,62H,8-11,19-28,35H2,1-7H3,(H,59,72)(H,60,61)(H,63,69)(H,64,71)(H,65,75)/b46-32-/t38-,39-/m0/s1. The van der Waals surface area contributed by atoms with Gasteiger partial charge in [0.15, 0.2) is 12.2 Å². The predicted molar refractivity (Wildman–Crippen MR) is 301 cm³/mol. The third-order valence-corrected chi connectivity index (χ3v) is 13.8. The van der Waals surface area contributed by atoms with Crippen molar-refractivity contribution < 1.29 is 57.2 Å². The minimum atomic E-state index is -1.44. The van der Waals surface area contributed by atoms with Crippen molar-refractivity contribution >= 4 is 70.4 Å². The molecule has 0 radical (unpaired) electrons. The molecule has 2 aliphatic rings. The minimum Gasteiger partial charge on any atom is -0.497 e. The van der Waals surface area contributed by atoms with Gasteiger partial charge in [0.1, 0.15) is 24.7 Å². The fourth-order valence-electron chi connectivity index (χ4n) is 9.27. The molecule has 80 heavy (non-hydrogen) atoms. The number of nitrogens with zero attached hydrogens (tertiary/aromatic N) is 4. The second-order valence-corrected chi connectivity index (χ2v) is 19.4. The molecule has 0 saturated carbocycles. The van der Waals surface area contributed by atoms with Crippen LogP contribution in [0.2, 0.25) is 0 Å². The van der Waals surface area contributed by atoms with Gasteiger partial charge >= 0.3 is 23.9 Å². The SMILES string of the molecule is CCN(CC)CCNC(=O)c1c(C)[nH]c(/C=C2\C(=O)Nc3ccc(NC(=O)CCC(=O)O[C@@H](C)C(=O)O[C@@H](C)C(=O)OCCN(Cc4cccc(OC)c4)C(=O)Nc4ccc(-c5cn[nH]c5)cc4OCCN4CCCC4)cc32)c1C. The van der Waals surface area contributed by atoms with Gasteiger partial charge in [-0.15, -0.1) is 0 Å². The van der Waals surface area contributed by atoms with Gasteiger partial charge in [0.25, 0.3) is 11.8 Å². The van der Waals surface area contributed by atoms with Crippen LogP contribution < -0.4 is 30.7 Å². The van der Waals surface area contributed by atoms with Crippen LogP contribution in [0.4, 0.5) is 21.9 Å². The molecule has 22 nitrogen and oxygen atoms in total. The van der Waals surface area contributed by atoms with Crippen LogP contribution in [0.15, 0.2) is 73.1 Å². The number of urea groups is 1. The van der Waals surface area contributed by atoms with Gasteiger partial charge in [0, 0.05) is 72.7 Å². The molecular formula is C58H72N10O12. The molecular weight excluding hydrogens is 1030 g/mol. The van der Waals surface area contributed by atoms with Crippen LogP contribution in [0.25, 0.3) is 22.8 Å². The van der Waals surface area contributed by atoms with Gasteiger partial charge in [-0.05, 0) is 132 Å². The quantitative estimate of drug-likeness (QED) is 0.0177. The van der Waals surface area contributed by atoms with Crippen molar-refractivity contribution in [2.24, 2.45) is 0 Å². The van der Waals surface area contributed by atoms with E-state index in [1.165, 1.54) is 18.7 Å². The summed E-state index contributed by atoms with van der Waals surface area (Å²) < 4.78 is 27.7. The predicted octanol–water partition coefficient (Wildman–Crippen LogP) is 6.93. The lowest BCUT2D eigenvalue weighted by molar-refractivity contribution is -0.177. The van der Waals surface area contributed by atoms with Crippen molar-refractivity contribution in [2.75, 3.05) is 88.6 Å². The highest BCUT2D eigenvalue weighted by Crippen LogP contribution is 2.36. The van der Waals surface area contributed by atoms with Gasteiger partial charge in [0.2, 0.25) is 5.91 Å². The second-order valence-electron chi connectivity index (χ2n) is 19.4. The first-order valence-corrected chi connectivity index (χ1v) is 26.9. The Balaban J connectivity index is 0.883. The number of methoxy groups -OCH3 is 1. The number of H-pyrrole nitrogens is 2. The lowest BCUT2D eigenvalue weighted by Gasteiger charge is -2.25. The number of fused-ring (bicyclic) bond motifs is 1. The number of aryl methyl sites for hydroxylation is 1. The van der Waals surface area contributed by atoms with E-state index in [2.05, 4.69) is 60.1 Å². The summed E-state index contributed by atoms with van der Waals surface area (Å²) >= 11 is 0. The summed E-state index contributed by atoms with van der Waals surface area (Å²) in [6, 6.07) is 17.0. The largest absolute Gasteiger partial charge is 0.497 e. The average Bonchev–Trinajstić information content (AvgIpc) is 4.31. The maximum atomic E-state index is 14.1. The van der Waals surface area contributed by atoms with Gasteiger partial charge in [-0.3, -0.25) is 29.2 Å². The van der Waals surface area contributed by atoms with E-state index < -0.39 is 48.5 Å². The van der Waals surface area contributed by atoms with E-state index in [1.807, 2.05) is 25.1 Å². The number of amides is 5. The number of aromatic nitrogens is 3. The second kappa shape index (κ2) is 28.4. The Morgan fingerprint density at radius 1 is 0.863 bits per heavy atom. The first kappa shape index (κ1) is 59.2. The molecule has 6 N–H and O–H groups in total. The first-order valence-electron chi connectivity index (χ1n) is 26.9. The Labute approximate surface area is 465 Å². The smallest absolute Gasteiger partial charge is 0.347 e. The summed E-state index contributed by atoms with van der Waals surface area (Å²) in [5, 5.41) is 18.4. The summed E-state index contributed by atoms with van der Waals surface area (Å²) in [7, 11) is 1.54. The fraction of sp³-hybridized carbons (Fsp3) is 0.414. The Morgan fingerprint density at radius 2 is 1.64 bits per heavy atom. The van der Waals surface area contributed by atoms with Crippen LogP contribution in [-0.4, -0.2) is 156 Å². The van der Waals surface area contributed by atoms with E-state index in [9.17, 15) is 33.6 Å². The van der Waals surface area contributed by atoms with E-state index in [-0.39, 0.29) is 37.9 Å². The minimum absolute atomic E-state index is 0.0641. The molecule has 4 heterocycles. The van der Waals surface area contributed by atoms with Crippen molar-refractivity contribution in [3.8, 4) is 22.6 Å². The Hall–Kier alpha value is -8.50. The molecule has 426 valence electrons. The number of anilines is 3. The molecule has 22 heteroatoms. The number of esters is 3. The number of hydrogen-bond acceptors (Lipinski definition) is 15. The topological polar surface area (TPSA) is 268 Å². The van der Waals surface area contributed by atoms with Gasteiger partial charge in [-0.25, -0.2) is 14.4 Å². The van der Waals surface area contributed by atoms with E-state index in [0.717, 1.165) is 68.8 Å². The molecule has 2 aliphatic heterocycles. The summed E-state index contributed by atoms with van der Waals surface area (Å²) in [5.41, 5.74) is 7.03. The number of likely N-dealkylation sites (N-methyl/N-ethyl adjacent to an activating group) is 1. The zero-order valence-corrected chi connectivity index (χ0v) is 46.5. The fourth-order valence-corrected chi connectivity index (χ4v) is 9.27. The molecule has 1 fully saturated rings. The van der Waals surface area contributed by atoms with E-state index in [0.29, 0.717) is 75.4 Å². The highest BCUT2D eigenvalue weighted by atomic mass is 16.6. The highest BCUT2D eigenvalue weighted by Gasteiger charge is 2.29. The van der Waals surface area contributed by atoms with Crippen LogP contribution in [-0.2, 0) is 44.7 Å². The number of ether oxygens (including phenoxy) is 5. The highest BCUT2D eigenvalue weighted by molar-refractivity contribution is 6.35. The molecule has 5 aromatic rings. The summed E-state index contributed by atoms with van der Waals surface area (Å²) in [5.74, 6) is -2.85. The van der Waals surface area contributed by atoms with E-state index in [1.54, 1.807) is 75.0 Å². The molecule has 0 unspecified atom stereocenters. The lowest BCUT2D eigenvalue weighted by atomic mass is 10.0. The van der Waals surface area contributed by atoms with Crippen molar-refractivity contribution in [1.82, 2.24) is 35.2 Å².